The molecule has 0 atom stereocenters. The van der Waals surface area contributed by atoms with Crippen LogP contribution in [0.2, 0.25) is 0 Å². The summed E-state index contributed by atoms with van der Waals surface area (Å²) < 4.78 is 11.4. The lowest BCUT2D eigenvalue weighted by Gasteiger charge is -2.21. The Bertz CT molecular complexity index is 482. The number of methoxy groups -OCH3 is 2. The Morgan fingerprint density at radius 2 is 1.95 bits per heavy atom. The molecule has 1 fully saturated rings. The molecule has 0 aromatic heterocycles. The molecule has 0 heterocycles. The normalized spacial score (nSPS) is 16.7. The molecular weight excluding hydrogens is 327 g/mol. The fourth-order valence-electron chi connectivity index (χ4n) is 2.38. The van der Waals surface area contributed by atoms with Gasteiger partial charge in [0.15, 0.2) is 0 Å². The molecule has 19 heavy (non-hydrogen) atoms. The molecule has 1 aliphatic carbocycles. The molecule has 0 radical (unpaired) electrons. The molecule has 0 saturated heterocycles. The van der Waals surface area contributed by atoms with Crippen LogP contribution in [-0.2, 0) is 0 Å². The van der Waals surface area contributed by atoms with Crippen molar-refractivity contribution in [3.05, 3.63) is 22.2 Å². The van der Waals surface area contributed by atoms with Crippen molar-refractivity contribution in [3.8, 4) is 11.5 Å². The maximum absolute atomic E-state index is 12.5. The molecule has 0 aliphatic heterocycles. The van der Waals surface area contributed by atoms with Crippen LogP contribution in [0, 0.1) is 0 Å². The molecule has 3 nitrogen and oxygen atoms in total. The molecule has 0 spiro atoms. The van der Waals surface area contributed by atoms with Crippen molar-refractivity contribution in [3.63, 3.8) is 0 Å². The Labute approximate surface area is 123 Å². The summed E-state index contributed by atoms with van der Waals surface area (Å²) in [4.78, 5) is 0. The van der Waals surface area contributed by atoms with Gasteiger partial charge in [-0.1, -0.05) is 12.8 Å². The van der Waals surface area contributed by atoms with E-state index in [1.54, 1.807) is 20.3 Å². The third kappa shape index (κ3) is 3.31. The van der Waals surface area contributed by atoms with Crippen molar-refractivity contribution < 1.29 is 14.6 Å². The summed E-state index contributed by atoms with van der Waals surface area (Å²) in [6.07, 6.45) is 4.76. The lowest BCUT2D eigenvalue weighted by molar-refractivity contribution is -0.207. The van der Waals surface area contributed by atoms with E-state index in [2.05, 4.69) is 15.9 Å². The van der Waals surface area contributed by atoms with E-state index in [1.165, 1.54) is 12.8 Å². The van der Waals surface area contributed by atoms with Crippen LogP contribution in [0.4, 0.5) is 0 Å². The van der Waals surface area contributed by atoms with E-state index in [9.17, 15) is 5.11 Å². The number of rotatable bonds is 4. The highest BCUT2D eigenvalue weighted by Gasteiger charge is 2.16. The third-order valence-electron chi connectivity index (χ3n) is 3.33. The second-order valence-electron chi connectivity index (χ2n) is 4.53. The Morgan fingerprint density at radius 3 is 2.53 bits per heavy atom. The van der Waals surface area contributed by atoms with E-state index in [4.69, 9.17) is 9.47 Å². The molecule has 1 aromatic rings. The number of ether oxygens (including phenoxy) is 2. The zero-order chi connectivity index (χ0) is 13.8. The predicted octanol–water partition coefficient (Wildman–Crippen LogP) is 3.19. The number of hydrogen-bond donors (Lipinski definition) is 0. The summed E-state index contributed by atoms with van der Waals surface area (Å²) in [5.74, 6) is 1.14. The molecule has 0 amide bonds. The summed E-state index contributed by atoms with van der Waals surface area (Å²) >= 11 is 3.42. The van der Waals surface area contributed by atoms with Gasteiger partial charge >= 0.3 is 0 Å². The molecule has 1 saturated carbocycles. The lowest BCUT2D eigenvalue weighted by Crippen LogP contribution is -2.19. The fraction of sp³-hybridized carbons (Fsp3) is 0.500. The van der Waals surface area contributed by atoms with Crippen molar-refractivity contribution >= 4 is 29.6 Å². The quantitative estimate of drug-likeness (QED) is 0.788. The summed E-state index contributed by atoms with van der Waals surface area (Å²) in [6.45, 7) is 0. The van der Waals surface area contributed by atoms with E-state index >= 15 is 0 Å². The standard InChI is InChI=1S/C14H18BrO3P/c1-17-11-8-7-10(15)13(18-2)12(11)14(16)19-9-5-3-4-6-9/h7-9,16H,3-6H2,1-2H3/p-1. The van der Waals surface area contributed by atoms with Crippen LogP contribution in [0.1, 0.15) is 31.2 Å². The number of hydrogen-bond acceptors (Lipinski definition) is 3. The van der Waals surface area contributed by atoms with Crippen LogP contribution in [0.25, 0.3) is 0 Å². The zero-order valence-electron chi connectivity index (χ0n) is 11.1. The maximum Gasteiger partial charge on any atom is 0.143 e. The highest BCUT2D eigenvalue weighted by Crippen LogP contribution is 2.38. The first-order valence-electron chi connectivity index (χ1n) is 6.33. The first kappa shape index (κ1) is 14.8. The molecule has 0 N–H and O–H groups in total. The molecule has 5 heteroatoms. The van der Waals surface area contributed by atoms with Crippen molar-refractivity contribution in [2.45, 2.75) is 31.3 Å². The lowest BCUT2D eigenvalue weighted by atomic mass is 10.2. The fourth-order valence-corrected chi connectivity index (χ4v) is 4.16. The molecule has 0 unspecified atom stereocenters. The summed E-state index contributed by atoms with van der Waals surface area (Å²) in [6, 6.07) is 3.63. The average Bonchev–Trinajstić information content (AvgIpc) is 2.91. The van der Waals surface area contributed by atoms with Gasteiger partial charge in [-0.15, -0.1) is 13.7 Å². The molecule has 2 rings (SSSR count). The van der Waals surface area contributed by atoms with Gasteiger partial charge in [-0.05, 0) is 46.6 Å². The smallest absolute Gasteiger partial charge is 0.143 e. The molecule has 0 bridgehead atoms. The van der Waals surface area contributed by atoms with Crippen molar-refractivity contribution in [1.82, 2.24) is 0 Å². The number of benzene rings is 1. The van der Waals surface area contributed by atoms with Crippen molar-refractivity contribution in [2.75, 3.05) is 14.2 Å². The van der Waals surface area contributed by atoms with E-state index in [1.807, 2.05) is 6.07 Å². The first-order chi connectivity index (χ1) is 9.17. The van der Waals surface area contributed by atoms with Crippen LogP contribution < -0.4 is 14.6 Å². The Morgan fingerprint density at radius 1 is 1.26 bits per heavy atom. The van der Waals surface area contributed by atoms with Gasteiger partial charge in [0.25, 0.3) is 0 Å². The second kappa shape index (κ2) is 6.74. The molecule has 104 valence electrons. The van der Waals surface area contributed by atoms with Crippen LogP contribution in [0.15, 0.2) is 16.6 Å². The van der Waals surface area contributed by atoms with Gasteiger partial charge in [-0.3, -0.25) is 0 Å². The van der Waals surface area contributed by atoms with E-state index in [-0.39, 0.29) is 5.48 Å². The minimum atomic E-state index is 0.0851. The first-order valence-corrected chi connectivity index (χ1v) is 8.08. The predicted molar refractivity (Wildman–Crippen MR) is 80.5 cm³/mol. The minimum absolute atomic E-state index is 0.0851. The molecular formula is C14H17BrO3P-. The summed E-state index contributed by atoms with van der Waals surface area (Å²) in [7, 11) is 4.01. The number of halogens is 1. The van der Waals surface area contributed by atoms with Gasteiger partial charge in [0, 0.05) is 0 Å². The Kier molecular flexibility index (Phi) is 5.26. The largest absolute Gasteiger partial charge is 0.823 e. The summed E-state index contributed by atoms with van der Waals surface area (Å²) in [5.41, 5.74) is 1.12. The van der Waals surface area contributed by atoms with Gasteiger partial charge < -0.3 is 14.6 Å². The van der Waals surface area contributed by atoms with Crippen molar-refractivity contribution in [1.29, 1.82) is 0 Å². The minimum Gasteiger partial charge on any atom is -0.823 e. The van der Waals surface area contributed by atoms with Gasteiger partial charge in [0.2, 0.25) is 0 Å². The Hall–Kier alpha value is -0.570. The van der Waals surface area contributed by atoms with E-state index < -0.39 is 0 Å². The van der Waals surface area contributed by atoms with Crippen LogP contribution in [-0.4, -0.2) is 25.4 Å². The van der Waals surface area contributed by atoms with E-state index in [0.717, 1.165) is 25.5 Å². The summed E-state index contributed by atoms with van der Waals surface area (Å²) in [5, 5.41) is 12.5. The van der Waals surface area contributed by atoms with Crippen molar-refractivity contribution in [2.24, 2.45) is 0 Å². The monoisotopic (exact) mass is 343 g/mol. The highest BCUT2D eigenvalue weighted by molar-refractivity contribution is 9.10. The second-order valence-corrected chi connectivity index (χ2v) is 6.78. The van der Waals surface area contributed by atoms with Crippen LogP contribution in [0.3, 0.4) is 0 Å². The molecule has 1 aliphatic rings. The van der Waals surface area contributed by atoms with Gasteiger partial charge in [-0.2, -0.15) is 0 Å². The Balaban J connectivity index is 2.43. The van der Waals surface area contributed by atoms with Crippen LogP contribution in [0.5, 0.6) is 11.5 Å². The van der Waals surface area contributed by atoms with Gasteiger partial charge in [-0.25, -0.2) is 0 Å². The van der Waals surface area contributed by atoms with Crippen LogP contribution >= 0.6 is 24.1 Å². The molecule has 1 aromatic carbocycles. The van der Waals surface area contributed by atoms with Gasteiger partial charge in [0.05, 0.1) is 24.3 Å². The topological polar surface area (TPSA) is 41.5 Å². The van der Waals surface area contributed by atoms with Gasteiger partial charge in [0.1, 0.15) is 11.5 Å². The average molecular weight is 344 g/mol. The zero-order valence-corrected chi connectivity index (χ0v) is 13.6. The maximum atomic E-state index is 12.5. The van der Waals surface area contributed by atoms with E-state index in [0.29, 0.717) is 22.7 Å². The third-order valence-corrected chi connectivity index (χ3v) is 5.30. The SMILES string of the molecule is COc1ccc(Br)c(OC)c1C([O-])=PC1CCCC1. The highest BCUT2D eigenvalue weighted by atomic mass is 79.9.